The van der Waals surface area contributed by atoms with Crippen LogP contribution in [0.2, 0.25) is 0 Å². The van der Waals surface area contributed by atoms with Crippen molar-refractivity contribution in [2.45, 2.75) is 24.8 Å². The lowest BCUT2D eigenvalue weighted by Gasteiger charge is -2.10. The van der Waals surface area contributed by atoms with Crippen molar-refractivity contribution in [1.82, 2.24) is 19.3 Å². The number of fused-ring (bicyclic) bond motifs is 1. The molecule has 7 nitrogen and oxygen atoms in total. The Bertz CT molecular complexity index is 1260. The normalized spacial score (nSPS) is 11.0. The van der Waals surface area contributed by atoms with Crippen molar-refractivity contribution in [2.24, 2.45) is 0 Å². The van der Waals surface area contributed by atoms with Crippen LogP contribution in [-0.4, -0.2) is 31.5 Å². The highest BCUT2D eigenvalue weighted by Crippen LogP contribution is 2.24. The fourth-order valence-electron chi connectivity index (χ4n) is 3.17. The first-order valence-electron chi connectivity index (χ1n) is 9.50. The molecule has 0 saturated heterocycles. The van der Waals surface area contributed by atoms with Gasteiger partial charge in [-0.1, -0.05) is 29.8 Å². The van der Waals surface area contributed by atoms with Crippen molar-refractivity contribution in [3.63, 3.8) is 0 Å². The van der Waals surface area contributed by atoms with Crippen LogP contribution in [0.4, 0.5) is 5.69 Å². The molecule has 0 aliphatic carbocycles. The number of hydrogen-bond acceptors (Lipinski definition) is 5. The number of hydrogen-bond donors (Lipinski definition) is 1. The van der Waals surface area contributed by atoms with E-state index in [1.165, 1.54) is 17.1 Å². The molecule has 4 rings (SSSR count). The SMILES string of the molecule is CSc1ccccc1NC(=O)CCn1cnc2c(cnn2-c2ccc(C)cc2)c1=O. The first-order chi connectivity index (χ1) is 14.6. The number of carbonyl (C=O) groups excluding carboxylic acids is 1. The zero-order valence-corrected chi connectivity index (χ0v) is 17.5. The molecule has 2 aromatic heterocycles. The average Bonchev–Trinajstić information content (AvgIpc) is 3.19. The molecule has 0 saturated carbocycles. The standard InChI is InChI=1S/C22H21N5O2S/c1-15-7-9-16(10-8-15)27-21-17(13-24-27)22(29)26(14-23-21)12-11-20(28)25-18-5-3-4-6-19(18)30-2/h3-10,13-14H,11-12H2,1-2H3,(H,25,28). The van der Waals surface area contributed by atoms with Crippen LogP contribution >= 0.6 is 11.8 Å². The monoisotopic (exact) mass is 419 g/mol. The molecule has 0 unspecified atom stereocenters. The second-order valence-electron chi connectivity index (χ2n) is 6.87. The molecule has 2 aromatic carbocycles. The summed E-state index contributed by atoms with van der Waals surface area (Å²) in [6.07, 6.45) is 5.13. The summed E-state index contributed by atoms with van der Waals surface area (Å²) in [5.41, 5.74) is 3.04. The maximum atomic E-state index is 12.8. The molecule has 1 N–H and O–H groups in total. The Morgan fingerprint density at radius 2 is 1.90 bits per heavy atom. The lowest BCUT2D eigenvalue weighted by Crippen LogP contribution is -2.23. The summed E-state index contributed by atoms with van der Waals surface area (Å²) in [4.78, 5) is 30.6. The molecule has 0 radical (unpaired) electrons. The smallest absolute Gasteiger partial charge is 0.264 e. The van der Waals surface area contributed by atoms with Gasteiger partial charge in [-0.2, -0.15) is 5.10 Å². The number of carbonyl (C=O) groups is 1. The predicted octanol–water partition coefficient (Wildman–Crippen LogP) is 3.64. The van der Waals surface area contributed by atoms with Gasteiger partial charge in [0.2, 0.25) is 5.91 Å². The Morgan fingerprint density at radius 3 is 2.67 bits per heavy atom. The molecule has 0 fully saturated rings. The molecule has 4 aromatic rings. The van der Waals surface area contributed by atoms with Gasteiger partial charge in [0, 0.05) is 17.9 Å². The third kappa shape index (κ3) is 3.99. The van der Waals surface area contributed by atoms with E-state index in [9.17, 15) is 9.59 Å². The lowest BCUT2D eigenvalue weighted by molar-refractivity contribution is -0.116. The molecule has 0 aliphatic heterocycles. The van der Waals surface area contributed by atoms with Crippen molar-refractivity contribution >= 4 is 34.4 Å². The fraction of sp³-hybridized carbons (Fsp3) is 0.182. The Kier molecular flexibility index (Phi) is 5.67. The largest absolute Gasteiger partial charge is 0.325 e. The minimum atomic E-state index is -0.212. The van der Waals surface area contributed by atoms with Crippen LogP contribution in [0.3, 0.4) is 0 Å². The number of aryl methyl sites for hydroxylation is 2. The van der Waals surface area contributed by atoms with Gasteiger partial charge >= 0.3 is 0 Å². The topological polar surface area (TPSA) is 81.8 Å². The van der Waals surface area contributed by atoms with Crippen LogP contribution < -0.4 is 10.9 Å². The first-order valence-corrected chi connectivity index (χ1v) is 10.7. The quantitative estimate of drug-likeness (QED) is 0.483. The van der Waals surface area contributed by atoms with E-state index in [0.717, 1.165) is 21.8 Å². The lowest BCUT2D eigenvalue weighted by atomic mass is 10.2. The molecular weight excluding hydrogens is 398 g/mol. The minimum absolute atomic E-state index is 0.154. The fourth-order valence-corrected chi connectivity index (χ4v) is 3.72. The van der Waals surface area contributed by atoms with Gasteiger partial charge in [0.05, 0.1) is 23.9 Å². The van der Waals surface area contributed by atoms with Gasteiger partial charge in [-0.15, -0.1) is 11.8 Å². The van der Waals surface area contributed by atoms with E-state index in [1.807, 2.05) is 61.7 Å². The molecule has 152 valence electrons. The summed E-state index contributed by atoms with van der Waals surface area (Å²) >= 11 is 1.57. The molecule has 1 amide bonds. The molecule has 0 atom stereocenters. The van der Waals surface area contributed by atoms with E-state index in [0.29, 0.717) is 11.0 Å². The van der Waals surface area contributed by atoms with Crippen LogP contribution in [0.25, 0.3) is 16.7 Å². The number of rotatable bonds is 6. The number of nitrogens with zero attached hydrogens (tertiary/aromatic N) is 4. The molecule has 2 heterocycles. The van der Waals surface area contributed by atoms with E-state index in [1.54, 1.807) is 16.4 Å². The molecule has 0 bridgehead atoms. The van der Waals surface area contributed by atoms with Crippen molar-refractivity contribution in [1.29, 1.82) is 0 Å². The van der Waals surface area contributed by atoms with Crippen molar-refractivity contribution < 1.29 is 4.79 Å². The maximum absolute atomic E-state index is 12.8. The summed E-state index contributed by atoms with van der Waals surface area (Å²) in [5, 5.41) is 7.66. The molecule has 0 spiro atoms. The van der Waals surface area contributed by atoms with Crippen LogP contribution in [0.1, 0.15) is 12.0 Å². The summed E-state index contributed by atoms with van der Waals surface area (Å²) in [6.45, 7) is 2.25. The predicted molar refractivity (Wildman–Crippen MR) is 119 cm³/mol. The van der Waals surface area contributed by atoms with Crippen LogP contribution in [0.5, 0.6) is 0 Å². The van der Waals surface area contributed by atoms with E-state index in [-0.39, 0.29) is 24.4 Å². The van der Waals surface area contributed by atoms with E-state index in [4.69, 9.17) is 0 Å². The zero-order valence-electron chi connectivity index (χ0n) is 16.7. The number of benzene rings is 2. The summed E-state index contributed by atoms with van der Waals surface area (Å²) in [7, 11) is 0. The third-order valence-corrected chi connectivity index (χ3v) is 5.59. The van der Waals surface area contributed by atoms with Gasteiger partial charge < -0.3 is 5.32 Å². The van der Waals surface area contributed by atoms with Crippen LogP contribution in [-0.2, 0) is 11.3 Å². The number of thioether (sulfide) groups is 1. The Labute approximate surface area is 177 Å². The van der Waals surface area contributed by atoms with E-state index in [2.05, 4.69) is 15.4 Å². The number of nitrogens with one attached hydrogen (secondary N) is 1. The van der Waals surface area contributed by atoms with Crippen molar-refractivity contribution in [3.8, 4) is 5.69 Å². The van der Waals surface area contributed by atoms with Crippen molar-refractivity contribution in [2.75, 3.05) is 11.6 Å². The number of amides is 1. The molecule has 0 aliphatic rings. The minimum Gasteiger partial charge on any atom is -0.325 e. The van der Waals surface area contributed by atoms with E-state index >= 15 is 0 Å². The van der Waals surface area contributed by atoms with Gasteiger partial charge in [0.15, 0.2) is 5.65 Å². The average molecular weight is 420 g/mol. The highest BCUT2D eigenvalue weighted by Gasteiger charge is 2.13. The number of aromatic nitrogens is 4. The van der Waals surface area contributed by atoms with Gasteiger partial charge in [-0.25, -0.2) is 9.67 Å². The first kappa shape index (κ1) is 19.9. The van der Waals surface area contributed by atoms with Crippen LogP contribution in [0, 0.1) is 6.92 Å². The zero-order chi connectivity index (χ0) is 21.1. The summed E-state index contributed by atoms with van der Waals surface area (Å²) < 4.78 is 3.09. The van der Waals surface area contributed by atoms with Gasteiger partial charge in [-0.05, 0) is 37.4 Å². The maximum Gasteiger partial charge on any atom is 0.264 e. The molecule has 30 heavy (non-hydrogen) atoms. The van der Waals surface area contributed by atoms with Gasteiger partial charge in [0.25, 0.3) is 5.56 Å². The highest BCUT2D eigenvalue weighted by molar-refractivity contribution is 7.98. The Hall–Kier alpha value is -3.39. The summed E-state index contributed by atoms with van der Waals surface area (Å²) in [5.74, 6) is -0.154. The van der Waals surface area contributed by atoms with Gasteiger partial charge in [0.1, 0.15) is 5.39 Å². The summed E-state index contributed by atoms with van der Waals surface area (Å²) in [6, 6.07) is 15.5. The Balaban J connectivity index is 1.51. The van der Waals surface area contributed by atoms with Crippen LogP contribution in [0.15, 0.2) is 70.7 Å². The second-order valence-corrected chi connectivity index (χ2v) is 7.72. The van der Waals surface area contributed by atoms with Gasteiger partial charge in [-0.3, -0.25) is 14.2 Å². The van der Waals surface area contributed by atoms with Crippen molar-refractivity contribution in [3.05, 3.63) is 77.0 Å². The van der Waals surface area contributed by atoms with E-state index < -0.39 is 0 Å². The second kappa shape index (κ2) is 8.54. The number of para-hydroxylation sites is 1. The number of anilines is 1. The third-order valence-electron chi connectivity index (χ3n) is 4.79. The molecule has 8 heteroatoms. The highest BCUT2D eigenvalue weighted by atomic mass is 32.2. The molecular formula is C22H21N5O2S. The Morgan fingerprint density at radius 1 is 1.13 bits per heavy atom.